The number of aliphatic imine (C=N–C) groups is 1. The van der Waals surface area contributed by atoms with Crippen LogP contribution in [0.5, 0.6) is 0 Å². The number of hydrogen-bond donors (Lipinski definition) is 0. The molecule has 68 valence electrons. The Morgan fingerprint density at radius 3 is 3.46 bits per heavy atom. The fourth-order valence-electron chi connectivity index (χ4n) is 2.42. The quantitative estimate of drug-likeness (QED) is 0.552. The van der Waals surface area contributed by atoms with Gasteiger partial charge in [-0.15, -0.1) is 0 Å². The van der Waals surface area contributed by atoms with Crippen molar-refractivity contribution < 1.29 is 4.74 Å². The first-order valence-corrected chi connectivity index (χ1v) is 5.00. The van der Waals surface area contributed by atoms with Gasteiger partial charge in [-0.2, -0.15) is 0 Å². The fourth-order valence-corrected chi connectivity index (χ4v) is 2.42. The second-order valence-electron chi connectivity index (χ2n) is 3.85. The molecule has 1 aliphatic carbocycles. The van der Waals surface area contributed by atoms with Crippen LogP contribution in [0.1, 0.15) is 19.3 Å². The highest BCUT2D eigenvalue weighted by molar-refractivity contribution is 5.94. The molecule has 2 aliphatic heterocycles. The van der Waals surface area contributed by atoms with Crippen LogP contribution >= 0.6 is 0 Å². The Bertz CT molecular complexity index is 325. The highest BCUT2D eigenvalue weighted by atomic mass is 16.5. The molecule has 0 radical (unpaired) electrons. The fraction of sp³-hybridized carbons (Fsp3) is 0.545. The summed E-state index contributed by atoms with van der Waals surface area (Å²) in [5.74, 6) is 0.633. The van der Waals surface area contributed by atoms with Crippen molar-refractivity contribution in [2.24, 2.45) is 10.9 Å². The van der Waals surface area contributed by atoms with Gasteiger partial charge in [-0.25, -0.2) is 0 Å². The Morgan fingerprint density at radius 1 is 1.46 bits per heavy atom. The van der Waals surface area contributed by atoms with E-state index in [2.05, 4.69) is 17.1 Å². The van der Waals surface area contributed by atoms with Crippen LogP contribution < -0.4 is 0 Å². The Hall–Kier alpha value is -0.890. The van der Waals surface area contributed by atoms with E-state index in [1.54, 1.807) is 5.57 Å². The molecular formula is C11H13NO. The zero-order chi connectivity index (χ0) is 8.67. The Morgan fingerprint density at radius 2 is 2.46 bits per heavy atom. The maximum absolute atomic E-state index is 5.41. The van der Waals surface area contributed by atoms with Crippen molar-refractivity contribution in [1.82, 2.24) is 0 Å². The van der Waals surface area contributed by atoms with Crippen LogP contribution in [0.3, 0.4) is 0 Å². The third-order valence-corrected chi connectivity index (χ3v) is 3.07. The van der Waals surface area contributed by atoms with E-state index in [1.807, 2.05) is 0 Å². The third kappa shape index (κ3) is 1.09. The summed E-state index contributed by atoms with van der Waals surface area (Å²) in [5, 5.41) is 0. The molecule has 1 fully saturated rings. The molecule has 1 atom stereocenters. The molecular weight excluding hydrogens is 162 g/mol. The number of rotatable bonds is 0. The molecule has 2 heteroatoms. The number of fused-ring (bicyclic) bond motifs is 2. The molecule has 3 aliphatic rings. The lowest BCUT2D eigenvalue weighted by Gasteiger charge is -2.22. The first-order chi connectivity index (χ1) is 6.45. The van der Waals surface area contributed by atoms with Crippen molar-refractivity contribution in [1.29, 1.82) is 0 Å². The predicted molar refractivity (Wildman–Crippen MR) is 51.8 cm³/mol. The summed E-state index contributed by atoms with van der Waals surface area (Å²) in [4.78, 5) is 4.62. The average Bonchev–Trinajstić information content (AvgIpc) is 2.56. The summed E-state index contributed by atoms with van der Waals surface area (Å²) < 4.78 is 5.41. The Kier molecular flexibility index (Phi) is 1.62. The van der Waals surface area contributed by atoms with E-state index < -0.39 is 0 Å². The summed E-state index contributed by atoms with van der Waals surface area (Å²) in [6.45, 7) is 1.66. The number of nitrogens with zero attached hydrogens (tertiary/aromatic N) is 1. The number of ether oxygens (including phenoxy) is 1. The first kappa shape index (κ1) is 7.51. The molecule has 2 nitrogen and oxygen atoms in total. The zero-order valence-corrected chi connectivity index (χ0v) is 7.62. The smallest absolute Gasteiger partial charge is 0.0855 e. The highest BCUT2D eigenvalue weighted by Crippen LogP contribution is 2.36. The van der Waals surface area contributed by atoms with E-state index in [0.717, 1.165) is 19.6 Å². The lowest BCUT2D eigenvalue weighted by molar-refractivity contribution is 0.143. The summed E-state index contributed by atoms with van der Waals surface area (Å²) in [6.07, 6.45) is 7.94. The van der Waals surface area contributed by atoms with E-state index in [4.69, 9.17) is 4.74 Å². The SMILES string of the molecule is C1=CC2=C(CC1)C1CCOCC1=N2. The molecule has 0 aromatic rings. The molecule has 1 saturated heterocycles. The third-order valence-electron chi connectivity index (χ3n) is 3.07. The monoisotopic (exact) mass is 175 g/mol. The maximum atomic E-state index is 5.41. The molecule has 13 heavy (non-hydrogen) atoms. The van der Waals surface area contributed by atoms with Crippen LogP contribution in [-0.2, 0) is 4.74 Å². The summed E-state index contributed by atoms with van der Waals surface area (Å²) in [5.41, 5.74) is 4.07. The highest BCUT2D eigenvalue weighted by Gasteiger charge is 2.31. The largest absolute Gasteiger partial charge is 0.375 e. The van der Waals surface area contributed by atoms with E-state index in [1.165, 1.54) is 24.3 Å². The Labute approximate surface area is 78.0 Å². The van der Waals surface area contributed by atoms with E-state index in [0.29, 0.717) is 5.92 Å². The van der Waals surface area contributed by atoms with Crippen LogP contribution in [-0.4, -0.2) is 18.9 Å². The van der Waals surface area contributed by atoms with Crippen molar-refractivity contribution in [2.75, 3.05) is 13.2 Å². The van der Waals surface area contributed by atoms with Gasteiger partial charge in [-0.3, -0.25) is 4.99 Å². The first-order valence-electron chi connectivity index (χ1n) is 5.00. The maximum Gasteiger partial charge on any atom is 0.0855 e. The molecule has 0 aromatic carbocycles. The average molecular weight is 175 g/mol. The summed E-state index contributed by atoms with van der Waals surface area (Å²) >= 11 is 0. The minimum Gasteiger partial charge on any atom is -0.375 e. The lowest BCUT2D eigenvalue weighted by atomic mass is 9.87. The van der Waals surface area contributed by atoms with Crippen molar-refractivity contribution in [2.45, 2.75) is 19.3 Å². The molecule has 3 rings (SSSR count). The van der Waals surface area contributed by atoms with Crippen molar-refractivity contribution in [3.63, 3.8) is 0 Å². The standard InChI is InChI=1S/C11H13NO/c1-2-4-10-8(3-1)9-5-6-13-7-11(9)12-10/h2,4,9H,1,3,5-7H2. The van der Waals surface area contributed by atoms with Gasteiger partial charge in [0.25, 0.3) is 0 Å². The molecule has 1 unspecified atom stereocenters. The van der Waals surface area contributed by atoms with Gasteiger partial charge < -0.3 is 4.74 Å². The van der Waals surface area contributed by atoms with Gasteiger partial charge in [0.2, 0.25) is 0 Å². The van der Waals surface area contributed by atoms with E-state index in [-0.39, 0.29) is 0 Å². The van der Waals surface area contributed by atoms with Gasteiger partial charge in [-0.1, -0.05) is 6.08 Å². The number of hydrogen-bond acceptors (Lipinski definition) is 2. The molecule has 0 N–H and O–H groups in total. The zero-order valence-electron chi connectivity index (χ0n) is 7.62. The van der Waals surface area contributed by atoms with Gasteiger partial charge in [0.15, 0.2) is 0 Å². The summed E-state index contributed by atoms with van der Waals surface area (Å²) in [7, 11) is 0. The minimum absolute atomic E-state index is 0.633. The van der Waals surface area contributed by atoms with Crippen molar-refractivity contribution in [3.05, 3.63) is 23.4 Å². The van der Waals surface area contributed by atoms with Crippen LogP contribution in [0, 0.1) is 5.92 Å². The Balaban J connectivity index is 1.97. The van der Waals surface area contributed by atoms with Gasteiger partial charge in [0, 0.05) is 12.5 Å². The van der Waals surface area contributed by atoms with Crippen molar-refractivity contribution >= 4 is 5.71 Å². The summed E-state index contributed by atoms with van der Waals surface area (Å²) in [6, 6.07) is 0. The molecule has 0 spiro atoms. The lowest BCUT2D eigenvalue weighted by Crippen LogP contribution is -2.26. The van der Waals surface area contributed by atoms with Gasteiger partial charge >= 0.3 is 0 Å². The molecule has 0 saturated carbocycles. The molecule has 0 amide bonds. The predicted octanol–water partition coefficient (Wildman–Crippen LogP) is 2.08. The van der Waals surface area contributed by atoms with E-state index in [9.17, 15) is 0 Å². The minimum atomic E-state index is 0.633. The number of allylic oxidation sites excluding steroid dienone is 3. The molecule has 2 heterocycles. The second kappa shape index (κ2) is 2.81. The van der Waals surface area contributed by atoms with Crippen LogP contribution in [0.25, 0.3) is 0 Å². The van der Waals surface area contributed by atoms with Crippen molar-refractivity contribution in [3.8, 4) is 0 Å². The molecule has 0 aromatic heterocycles. The van der Waals surface area contributed by atoms with Crippen LogP contribution in [0.4, 0.5) is 0 Å². The van der Waals surface area contributed by atoms with Gasteiger partial charge in [-0.05, 0) is 30.9 Å². The normalized spacial score (nSPS) is 31.4. The van der Waals surface area contributed by atoms with E-state index >= 15 is 0 Å². The van der Waals surface area contributed by atoms with Crippen LogP contribution in [0.15, 0.2) is 28.4 Å². The van der Waals surface area contributed by atoms with Gasteiger partial charge in [0.05, 0.1) is 18.0 Å². The van der Waals surface area contributed by atoms with Gasteiger partial charge in [0.1, 0.15) is 0 Å². The van der Waals surface area contributed by atoms with Crippen LogP contribution in [0.2, 0.25) is 0 Å². The second-order valence-corrected chi connectivity index (χ2v) is 3.85. The molecule has 0 bridgehead atoms. The topological polar surface area (TPSA) is 21.6 Å².